The number of hydrogen-bond donors (Lipinski definition) is 1. The van der Waals surface area contributed by atoms with E-state index in [9.17, 15) is 18.8 Å². The van der Waals surface area contributed by atoms with Crippen LogP contribution in [0.4, 0.5) is 19.8 Å². The van der Waals surface area contributed by atoms with E-state index in [2.05, 4.69) is 14.5 Å². The molecule has 1 aliphatic rings. The largest absolute Gasteiger partial charge is 0.508 e. The van der Waals surface area contributed by atoms with Crippen LogP contribution in [0, 0.1) is 5.82 Å². The average molecular weight is 363 g/mol. The predicted octanol–water partition coefficient (Wildman–Crippen LogP) is 0.932. The van der Waals surface area contributed by atoms with E-state index in [1.54, 1.807) is 0 Å². The van der Waals surface area contributed by atoms with Crippen LogP contribution in [0.3, 0.4) is 0 Å². The summed E-state index contributed by atoms with van der Waals surface area (Å²) in [6.45, 7) is -0.0829. The monoisotopic (exact) mass is 363 g/mol. The topological polar surface area (TPSA) is 118 Å². The molecule has 2 heterocycles. The molecule has 1 aromatic heterocycles. The molecule has 10 nitrogen and oxygen atoms in total. The highest BCUT2D eigenvalue weighted by atomic mass is 32.2. The maximum atomic E-state index is 13.9. The van der Waals surface area contributed by atoms with Gasteiger partial charge in [0.05, 0.1) is 20.4 Å². The zero-order chi connectivity index (χ0) is 17.7. The van der Waals surface area contributed by atoms with Gasteiger partial charge in [-0.05, 0) is 0 Å². The van der Waals surface area contributed by atoms with Gasteiger partial charge in [-0.25, -0.2) is 18.8 Å². The van der Waals surface area contributed by atoms with Crippen LogP contribution in [0.1, 0.15) is 6.23 Å². The fraction of sp³-hybridized carbons (Fsp3) is 0.500. The maximum Gasteiger partial charge on any atom is 0.508 e. The third kappa shape index (κ3) is 4.35. The van der Waals surface area contributed by atoms with Crippen molar-refractivity contribution in [3.05, 3.63) is 22.5 Å². The lowest BCUT2D eigenvalue weighted by molar-refractivity contribution is -0.0209. The number of rotatable bonds is 4. The van der Waals surface area contributed by atoms with Crippen LogP contribution in [0.15, 0.2) is 11.0 Å². The van der Waals surface area contributed by atoms with E-state index >= 15 is 0 Å². The van der Waals surface area contributed by atoms with Crippen molar-refractivity contribution in [2.45, 2.75) is 11.7 Å². The summed E-state index contributed by atoms with van der Waals surface area (Å²) >= 11 is 1.28. The predicted molar refractivity (Wildman–Crippen MR) is 79.2 cm³/mol. The minimum absolute atomic E-state index is 0.0829. The van der Waals surface area contributed by atoms with E-state index in [0.29, 0.717) is 5.75 Å². The summed E-state index contributed by atoms with van der Waals surface area (Å²) in [7, 11) is 2.26. The van der Waals surface area contributed by atoms with Gasteiger partial charge in [0.1, 0.15) is 18.3 Å². The highest BCUT2D eigenvalue weighted by molar-refractivity contribution is 8.00. The van der Waals surface area contributed by atoms with Crippen molar-refractivity contribution in [2.75, 3.05) is 31.9 Å². The van der Waals surface area contributed by atoms with Gasteiger partial charge >= 0.3 is 17.9 Å². The number of thioether (sulfide) groups is 1. The molecule has 1 saturated heterocycles. The summed E-state index contributed by atoms with van der Waals surface area (Å²) in [5.74, 6) is -1.15. The first-order valence-electron chi connectivity index (χ1n) is 6.56. The molecule has 0 bridgehead atoms. The van der Waals surface area contributed by atoms with Gasteiger partial charge in [-0.1, -0.05) is 0 Å². The van der Waals surface area contributed by atoms with Crippen LogP contribution in [-0.2, 0) is 18.9 Å². The Balaban J connectivity index is 2.05. The van der Waals surface area contributed by atoms with Gasteiger partial charge in [0.25, 0.3) is 0 Å². The van der Waals surface area contributed by atoms with E-state index in [-0.39, 0.29) is 6.61 Å². The molecular weight excluding hydrogens is 349 g/mol. The van der Waals surface area contributed by atoms with Crippen LogP contribution < -0.4 is 11.0 Å². The lowest BCUT2D eigenvalue weighted by atomic mass is 10.5. The SMILES string of the molecule is COC(=O)Nc1nc(=O)n([C@@H]2CS[C@H](COC(=O)OC)O2)cc1F. The average Bonchev–Trinajstić information content (AvgIpc) is 3.04. The summed E-state index contributed by atoms with van der Waals surface area (Å²) in [4.78, 5) is 37.4. The van der Waals surface area contributed by atoms with Crippen molar-refractivity contribution in [1.82, 2.24) is 9.55 Å². The Kier molecular flexibility index (Phi) is 5.98. The smallest absolute Gasteiger partial charge is 0.453 e. The third-order valence-electron chi connectivity index (χ3n) is 2.86. The van der Waals surface area contributed by atoms with Crippen LogP contribution in [0.25, 0.3) is 0 Å². The van der Waals surface area contributed by atoms with Gasteiger partial charge < -0.3 is 18.9 Å². The van der Waals surface area contributed by atoms with Crippen molar-refractivity contribution < 1.29 is 32.9 Å². The van der Waals surface area contributed by atoms with Crippen molar-refractivity contribution in [1.29, 1.82) is 0 Å². The van der Waals surface area contributed by atoms with E-state index in [1.165, 1.54) is 18.9 Å². The number of methoxy groups -OCH3 is 2. The summed E-state index contributed by atoms with van der Waals surface area (Å²) in [5, 5.41) is 1.99. The van der Waals surface area contributed by atoms with Gasteiger partial charge in [0, 0.05) is 5.75 Å². The van der Waals surface area contributed by atoms with Crippen molar-refractivity contribution in [3.8, 4) is 0 Å². The van der Waals surface area contributed by atoms with Crippen molar-refractivity contribution in [3.63, 3.8) is 0 Å². The number of hydrogen-bond acceptors (Lipinski definition) is 9. The van der Waals surface area contributed by atoms with E-state index in [1.807, 2.05) is 5.32 Å². The molecule has 1 fully saturated rings. The van der Waals surface area contributed by atoms with E-state index in [4.69, 9.17) is 9.47 Å². The molecule has 2 atom stereocenters. The Bertz CT molecular complexity index is 683. The molecule has 2 rings (SSSR count). The number of amides is 1. The Morgan fingerprint density at radius 1 is 1.50 bits per heavy atom. The van der Waals surface area contributed by atoms with Gasteiger partial charge in [-0.3, -0.25) is 9.88 Å². The molecule has 1 aromatic rings. The minimum Gasteiger partial charge on any atom is -0.453 e. The van der Waals surface area contributed by atoms with Gasteiger partial charge in [0.2, 0.25) is 0 Å². The Hall–Kier alpha value is -2.34. The second-order valence-corrected chi connectivity index (χ2v) is 5.56. The quantitative estimate of drug-likeness (QED) is 0.779. The summed E-state index contributed by atoms with van der Waals surface area (Å²) in [6, 6.07) is 0. The molecule has 12 heteroatoms. The fourth-order valence-corrected chi connectivity index (χ4v) is 2.75. The van der Waals surface area contributed by atoms with E-state index < -0.39 is 41.2 Å². The molecule has 0 aliphatic carbocycles. The lowest BCUT2D eigenvalue weighted by Crippen LogP contribution is -2.30. The van der Waals surface area contributed by atoms with Gasteiger partial charge in [-0.2, -0.15) is 4.98 Å². The molecule has 1 N–H and O–H groups in total. The molecule has 1 aliphatic heterocycles. The molecule has 0 spiro atoms. The standard InChI is InChI=1S/C12H14FN3O7S/c1-20-11(18)15-9-6(13)3-16(10(17)14-9)7-5-24-8(23-7)4-22-12(19)21-2/h3,7-8H,4-5H2,1-2H3,(H,14,15,17,18)/t7-,8+/m0/s1. The van der Waals surface area contributed by atoms with Crippen LogP contribution >= 0.6 is 11.8 Å². The molecule has 0 unspecified atom stereocenters. The highest BCUT2D eigenvalue weighted by Crippen LogP contribution is 2.31. The van der Waals surface area contributed by atoms with Gasteiger partial charge in [-0.15, -0.1) is 11.8 Å². The first-order chi connectivity index (χ1) is 11.4. The molecule has 0 aromatic carbocycles. The summed E-state index contributed by atoms with van der Waals surface area (Å²) < 4.78 is 33.7. The Morgan fingerprint density at radius 2 is 2.25 bits per heavy atom. The number of anilines is 1. The summed E-state index contributed by atoms with van der Waals surface area (Å²) in [5.41, 5.74) is -1.35. The second kappa shape index (κ2) is 7.97. The van der Waals surface area contributed by atoms with Crippen LogP contribution in [0.2, 0.25) is 0 Å². The number of carbonyl (C=O) groups is 2. The third-order valence-corrected chi connectivity index (χ3v) is 3.96. The number of ether oxygens (including phenoxy) is 4. The fourth-order valence-electron chi connectivity index (χ4n) is 1.76. The molecule has 1 amide bonds. The number of nitrogens with one attached hydrogen (secondary N) is 1. The Morgan fingerprint density at radius 3 is 2.92 bits per heavy atom. The number of halogens is 1. The molecule has 0 saturated carbocycles. The number of carbonyl (C=O) groups excluding carboxylic acids is 2. The maximum absolute atomic E-state index is 13.9. The molecular formula is C12H14FN3O7S. The van der Waals surface area contributed by atoms with E-state index in [0.717, 1.165) is 17.9 Å². The first-order valence-corrected chi connectivity index (χ1v) is 7.61. The van der Waals surface area contributed by atoms with Crippen molar-refractivity contribution >= 4 is 29.8 Å². The minimum atomic E-state index is -0.953. The zero-order valence-electron chi connectivity index (χ0n) is 12.7. The summed E-state index contributed by atoms with van der Waals surface area (Å²) in [6.07, 6.45) is -1.73. The Labute approximate surface area is 139 Å². The first kappa shape index (κ1) is 18.0. The highest BCUT2D eigenvalue weighted by Gasteiger charge is 2.30. The van der Waals surface area contributed by atoms with Crippen molar-refractivity contribution in [2.24, 2.45) is 0 Å². The second-order valence-electron chi connectivity index (χ2n) is 4.36. The number of nitrogens with zero attached hydrogens (tertiary/aromatic N) is 2. The van der Waals surface area contributed by atoms with Crippen LogP contribution in [-0.4, -0.2) is 53.8 Å². The molecule has 24 heavy (non-hydrogen) atoms. The molecule has 0 radical (unpaired) electrons. The lowest BCUT2D eigenvalue weighted by Gasteiger charge is -2.15. The van der Waals surface area contributed by atoms with Crippen LogP contribution in [0.5, 0.6) is 0 Å². The zero-order valence-corrected chi connectivity index (χ0v) is 13.5. The normalized spacial score (nSPS) is 19.6. The van der Waals surface area contributed by atoms with Gasteiger partial charge in [0.15, 0.2) is 11.6 Å². The number of aromatic nitrogens is 2. The molecule has 132 valence electrons.